The van der Waals surface area contributed by atoms with Gasteiger partial charge in [-0.1, -0.05) is 24.3 Å². The van der Waals surface area contributed by atoms with Crippen molar-refractivity contribution in [3.8, 4) is 0 Å². The lowest BCUT2D eigenvalue weighted by Crippen LogP contribution is -2.50. The molecule has 7 heteroatoms. The van der Waals surface area contributed by atoms with Crippen LogP contribution < -0.4 is 0 Å². The molecular formula is C18H21N3O3S. The van der Waals surface area contributed by atoms with Gasteiger partial charge in [-0.2, -0.15) is 4.31 Å². The van der Waals surface area contributed by atoms with Crippen LogP contribution in [0.1, 0.15) is 11.1 Å². The number of benzene rings is 1. The Labute approximate surface area is 148 Å². The second-order valence-corrected chi connectivity index (χ2v) is 8.01. The molecule has 0 bridgehead atoms. The van der Waals surface area contributed by atoms with Crippen LogP contribution in [-0.4, -0.2) is 54.7 Å². The first-order valence-electron chi connectivity index (χ1n) is 8.21. The number of amides is 1. The van der Waals surface area contributed by atoms with Gasteiger partial charge in [0.05, 0.1) is 6.42 Å². The van der Waals surface area contributed by atoms with Crippen molar-refractivity contribution in [1.82, 2.24) is 14.2 Å². The van der Waals surface area contributed by atoms with E-state index in [1.54, 1.807) is 17.2 Å². The van der Waals surface area contributed by atoms with Gasteiger partial charge in [0.15, 0.2) is 0 Å². The third-order valence-corrected chi connectivity index (χ3v) is 6.35. The zero-order valence-corrected chi connectivity index (χ0v) is 14.9. The van der Waals surface area contributed by atoms with Gasteiger partial charge >= 0.3 is 0 Å². The molecule has 0 radical (unpaired) electrons. The molecule has 6 nitrogen and oxygen atoms in total. The number of piperazine rings is 1. The molecular weight excluding hydrogens is 338 g/mol. The predicted molar refractivity (Wildman–Crippen MR) is 94.5 cm³/mol. The second-order valence-electron chi connectivity index (χ2n) is 6.08. The summed E-state index contributed by atoms with van der Waals surface area (Å²) in [5.74, 6) is 0.0349. The number of sulfonamides is 1. The average molecular weight is 359 g/mol. The van der Waals surface area contributed by atoms with Crippen LogP contribution in [0, 0.1) is 6.92 Å². The first-order valence-corrected chi connectivity index (χ1v) is 9.65. The minimum absolute atomic E-state index is 0.0349. The van der Waals surface area contributed by atoms with Gasteiger partial charge in [0.2, 0.25) is 15.9 Å². The van der Waals surface area contributed by atoms with Gasteiger partial charge in [-0.15, -0.1) is 0 Å². The molecule has 0 atom stereocenters. The normalized spacial score (nSPS) is 16.0. The molecule has 1 aromatic heterocycles. The number of hydrogen-bond donors (Lipinski definition) is 0. The van der Waals surface area contributed by atoms with Crippen molar-refractivity contribution >= 4 is 15.9 Å². The maximum atomic E-state index is 12.6. The Morgan fingerprint density at radius 3 is 2.44 bits per heavy atom. The maximum Gasteiger partial charge on any atom is 0.244 e. The highest BCUT2D eigenvalue weighted by Crippen LogP contribution is 2.17. The predicted octanol–water partition coefficient (Wildman–Crippen LogP) is 1.47. The standard InChI is InChI=1S/C18H21N3O3S/c1-15-5-2-3-6-16(15)13-18(22)20-9-11-21(12-10-20)25(23,24)17-7-4-8-19-14-17/h2-8,14H,9-13H2,1H3. The molecule has 0 aliphatic carbocycles. The fourth-order valence-electron chi connectivity index (χ4n) is 2.91. The Bertz CT molecular complexity index is 845. The number of hydrogen-bond acceptors (Lipinski definition) is 4. The molecule has 0 unspecified atom stereocenters. The Morgan fingerprint density at radius 2 is 1.80 bits per heavy atom. The molecule has 2 heterocycles. The Morgan fingerprint density at radius 1 is 1.08 bits per heavy atom. The summed E-state index contributed by atoms with van der Waals surface area (Å²) in [5.41, 5.74) is 2.10. The highest BCUT2D eigenvalue weighted by molar-refractivity contribution is 7.89. The van der Waals surface area contributed by atoms with Gasteiger partial charge in [0.25, 0.3) is 0 Å². The zero-order chi connectivity index (χ0) is 17.9. The highest BCUT2D eigenvalue weighted by Gasteiger charge is 2.30. The fourth-order valence-corrected chi connectivity index (χ4v) is 4.30. The van der Waals surface area contributed by atoms with E-state index in [0.29, 0.717) is 32.6 Å². The molecule has 2 aromatic rings. The molecule has 0 saturated carbocycles. The SMILES string of the molecule is Cc1ccccc1CC(=O)N1CCN(S(=O)(=O)c2cccnc2)CC1. The first kappa shape index (κ1) is 17.6. The van der Waals surface area contributed by atoms with Crippen molar-refractivity contribution < 1.29 is 13.2 Å². The van der Waals surface area contributed by atoms with E-state index in [-0.39, 0.29) is 10.8 Å². The van der Waals surface area contributed by atoms with Crippen LogP contribution in [0.15, 0.2) is 53.7 Å². The number of nitrogens with zero attached hydrogens (tertiary/aromatic N) is 3. The van der Waals surface area contributed by atoms with E-state index in [4.69, 9.17) is 0 Å². The summed E-state index contributed by atoms with van der Waals surface area (Å²) >= 11 is 0. The van der Waals surface area contributed by atoms with Gasteiger partial charge < -0.3 is 4.90 Å². The van der Waals surface area contributed by atoms with Crippen LogP contribution in [-0.2, 0) is 21.2 Å². The number of aromatic nitrogens is 1. The lowest BCUT2D eigenvalue weighted by Gasteiger charge is -2.34. The molecule has 1 aliphatic heterocycles. The van der Waals surface area contributed by atoms with Gasteiger partial charge in [-0.3, -0.25) is 9.78 Å². The van der Waals surface area contributed by atoms with Crippen LogP contribution in [0.2, 0.25) is 0 Å². The molecule has 25 heavy (non-hydrogen) atoms. The van der Waals surface area contributed by atoms with Crippen molar-refractivity contribution in [2.24, 2.45) is 0 Å². The maximum absolute atomic E-state index is 12.6. The molecule has 3 rings (SSSR count). The number of carbonyl (C=O) groups excluding carboxylic acids is 1. The quantitative estimate of drug-likeness (QED) is 0.829. The first-order chi connectivity index (χ1) is 12.0. The Hall–Kier alpha value is -2.25. The largest absolute Gasteiger partial charge is 0.340 e. The van der Waals surface area contributed by atoms with Crippen LogP contribution in [0.5, 0.6) is 0 Å². The molecule has 1 saturated heterocycles. The van der Waals surface area contributed by atoms with E-state index < -0.39 is 10.0 Å². The third kappa shape index (κ3) is 3.88. The van der Waals surface area contributed by atoms with E-state index in [9.17, 15) is 13.2 Å². The summed E-state index contributed by atoms with van der Waals surface area (Å²) in [4.78, 5) is 18.3. The summed E-state index contributed by atoms with van der Waals surface area (Å²) in [6.45, 7) is 3.41. The third-order valence-electron chi connectivity index (χ3n) is 4.47. The van der Waals surface area contributed by atoms with E-state index >= 15 is 0 Å². The number of aryl methyl sites for hydroxylation is 1. The minimum Gasteiger partial charge on any atom is -0.340 e. The monoisotopic (exact) mass is 359 g/mol. The molecule has 132 valence electrons. The van der Waals surface area contributed by atoms with E-state index in [0.717, 1.165) is 11.1 Å². The van der Waals surface area contributed by atoms with Crippen molar-refractivity contribution in [2.75, 3.05) is 26.2 Å². The smallest absolute Gasteiger partial charge is 0.244 e. The molecule has 1 aliphatic rings. The molecule has 1 fully saturated rings. The second kappa shape index (κ2) is 7.33. The fraction of sp³-hybridized carbons (Fsp3) is 0.333. The van der Waals surface area contributed by atoms with Crippen molar-refractivity contribution in [1.29, 1.82) is 0 Å². The van der Waals surface area contributed by atoms with Crippen molar-refractivity contribution in [3.63, 3.8) is 0 Å². The lowest BCUT2D eigenvalue weighted by atomic mass is 10.1. The number of pyridine rings is 1. The lowest BCUT2D eigenvalue weighted by molar-refractivity contribution is -0.131. The summed E-state index contributed by atoms with van der Waals surface area (Å²) in [5, 5.41) is 0. The van der Waals surface area contributed by atoms with Gasteiger partial charge in [0.1, 0.15) is 4.90 Å². The van der Waals surface area contributed by atoms with Crippen LogP contribution in [0.4, 0.5) is 0 Å². The molecule has 1 amide bonds. The summed E-state index contributed by atoms with van der Waals surface area (Å²) in [6.07, 6.45) is 3.24. The number of carbonyl (C=O) groups is 1. The van der Waals surface area contributed by atoms with Crippen molar-refractivity contribution in [2.45, 2.75) is 18.2 Å². The van der Waals surface area contributed by atoms with Crippen LogP contribution in [0.3, 0.4) is 0 Å². The minimum atomic E-state index is -3.54. The summed E-state index contributed by atoms with van der Waals surface area (Å²) in [6, 6.07) is 11.0. The average Bonchev–Trinajstić information content (AvgIpc) is 2.64. The van der Waals surface area contributed by atoms with Gasteiger partial charge in [-0.05, 0) is 30.2 Å². The Kier molecular flexibility index (Phi) is 5.15. The van der Waals surface area contributed by atoms with E-state index in [1.807, 2.05) is 31.2 Å². The zero-order valence-electron chi connectivity index (χ0n) is 14.1. The van der Waals surface area contributed by atoms with Crippen LogP contribution >= 0.6 is 0 Å². The van der Waals surface area contributed by atoms with Crippen LogP contribution in [0.25, 0.3) is 0 Å². The van der Waals surface area contributed by atoms with E-state index in [2.05, 4.69) is 4.98 Å². The summed E-state index contributed by atoms with van der Waals surface area (Å²) in [7, 11) is -3.54. The van der Waals surface area contributed by atoms with Crippen molar-refractivity contribution in [3.05, 3.63) is 59.9 Å². The topological polar surface area (TPSA) is 70.6 Å². The summed E-state index contributed by atoms with van der Waals surface area (Å²) < 4.78 is 26.6. The van der Waals surface area contributed by atoms with E-state index in [1.165, 1.54) is 16.6 Å². The number of rotatable bonds is 4. The van der Waals surface area contributed by atoms with Gasteiger partial charge in [-0.25, -0.2) is 8.42 Å². The molecule has 0 spiro atoms. The van der Waals surface area contributed by atoms with Gasteiger partial charge in [0, 0.05) is 38.6 Å². The molecule has 0 N–H and O–H groups in total. The highest BCUT2D eigenvalue weighted by atomic mass is 32.2. The Balaban J connectivity index is 1.62. The molecule has 1 aromatic carbocycles.